The molecule has 0 atom stereocenters. The van der Waals surface area contributed by atoms with Crippen LogP contribution in [0, 0.1) is 0 Å². The molecule has 3 aromatic carbocycles. The molecule has 0 amide bonds. The summed E-state index contributed by atoms with van der Waals surface area (Å²) in [6.07, 6.45) is 3.02. The molecule has 0 aliphatic heterocycles. The number of aryl methyl sites for hydroxylation is 2. The van der Waals surface area contributed by atoms with Crippen LogP contribution in [-0.2, 0) is 19.6 Å². The van der Waals surface area contributed by atoms with Crippen LogP contribution in [-0.4, -0.2) is 23.3 Å². The summed E-state index contributed by atoms with van der Waals surface area (Å²) in [4.78, 5) is 4.81. The Balaban J connectivity index is 1.35. The first kappa shape index (κ1) is 21.8. The summed E-state index contributed by atoms with van der Waals surface area (Å²) in [5.74, 6) is 3.47. The molecule has 0 saturated carbocycles. The second-order valence-corrected chi connectivity index (χ2v) is 7.69. The molecule has 4 rings (SSSR count). The average molecular weight is 431 g/mol. The van der Waals surface area contributed by atoms with Gasteiger partial charge in [0, 0.05) is 6.54 Å². The lowest BCUT2D eigenvalue weighted by molar-refractivity contribution is 0.284. The Bertz CT molecular complexity index is 1120. The van der Waals surface area contributed by atoms with E-state index in [1.807, 2.05) is 36.4 Å². The number of methoxy groups -OCH3 is 1. The van der Waals surface area contributed by atoms with Crippen LogP contribution in [0.3, 0.4) is 0 Å². The molecule has 0 aliphatic rings. The minimum absolute atomic E-state index is 0.418. The van der Waals surface area contributed by atoms with E-state index in [9.17, 15) is 0 Å². The van der Waals surface area contributed by atoms with E-state index in [1.165, 1.54) is 5.56 Å². The fourth-order valence-electron chi connectivity index (χ4n) is 3.69. The molecule has 0 aliphatic carbocycles. The van der Waals surface area contributed by atoms with Gasteiger partial charge in [0.1, 0.15) is 29.7 Å². The van der Waals surface area contributed by atoms with Gasteiger partial charge in [0.05, 0.1) is 24.8 Å². The highest BCUT2D eigenvalue weighted by atomic mass is 16.5. The van der Waals surface area contributed by atoms with Crippen LogP contribution in [0.4, 0.5) is 0 Å². The number of fused-ring (bicyclic) bond motifs is 1. The van der Waals surface area contributed by atoms with Crippen LogP contribution in [0.1, 0.15) is 31.2 Å². The molecule has 0 unspecified atom stereocenters. The van der Waals surface area contributed by atoms with Gasteiger partial charge in [-0.05, 0) is 73.4 Å². The highest BCUT2D eigenvalue weighted by Gasteiger charge is 2.11. The van der Waals surface area contributed by atoms with Crippen molar-refractivity contribution in [2.75, 3.05) is 13.7 Å². The number of nitrogens with zero attached hydrogens (tertiary/aromatic N) is 2. The van der Waals surface area contributed by atoms with Crippen molar-refractivity contribution in [2.24, 2.45) is 0 Å². The molecule has 1 heterocycles. The maximum absolute atomic E-state index is 6.00. The first-order valence-corrected chi connectivity index (χ1v) is 11.2. The van der Waals surface area contributed by atoms with Gasteiger partial charge in [0.25, 0.3) is 0 Å². The number of hydrogen-bond donors (Lipinski definition) is 0. The summed E-state index contributed by atoms with van der Waals surface area (Å²) in [7, 11) is 1.66. The van der Waals surface area contributed by atoms with E-state index < -0.39 is 0 Å². The molecule has 0 radical (unpaired) electrons. The fraction of sp³-hybridized carbons (Fsp3) is 0.296. The van der Waals surface area contributed by atoms with Crippen molar-refractivity contribution in [2.45, 2.75) is 39.3 Å². The largest absolute Gasteiger partial charge is 0.497 e. The maximum Gasteiger partial charge on any atom is 0.147 e. The molecule has 5 heteroatoms. The first-order valence-electron chi connectivity index (χ1n) is 11.2. The minimum atomic E-state index is 0.418. The third kappa shape index (κ3) is 5.41. The van der Waals surface area contributed by atoms with E-state index in [0.29, 0.717) is 13.2 Å². The molecule has 0 bridgehead atoms. The molecule has 32 heavy (non-hydrogen) atoms. The number of rotatable bonds is 11. The highest BCUT2D eigenvalue weighted by molar-refractivity contribution is 5.75. The van der Waals surface area contributed by atoms with Crippen molar-refractivity contribution in [3.63, 3.8) is 0 Å². The first-order chi connectivity index (χ1) is 15.8. The van der Waals surface area contributed by atoms with E-state index >= 15 is 0 Å². The number of ether oxygens (including phenoxy) is 3. The van der Waals surface area contributed by atoms with Crippen molar-refractivity contribution < 1.29 is 14.2 Å². The Labute approximate surface area is 189 Å². The lowest BCUT2D eigenvalue weighted by atomic mass is 10.2. The zero-order valence-corrected chi connectivity index (χ0v) is 18.8. The highest BCUT2D eigenvalue weighted by Crippen LogP contribution is 2.21. The van der Waals surface area contributed by atoms with Crippen LogP contribution in [0.2, 0.25) is 0 Å². The molecule has 4 aromatic rings. The fourth-order valence-corrected chi connectivity index (χ4v) is 3.69. The van der Waals surface area contributed by atoms with Crippen molar-refractivity contribution >= 4 is 11.0 Å². The van der Waals surface area contributed by atoms with Crippen molar-refractivity contribution in [1.29, 1.82) is 0 Å². The standard InChI is InChI=1S/C27H30N2O3/c1-3-21-10-12-23(13-11-21)31-19-7-6-18-29-26-9-5-4-8-25(26)28-27(29)20-32-24-16-14-22(30-2)15-17-24/h4-5,8-17H,3,6-7,18-20H2,1-2H3. The molecule has 166 valence electrons. The summed E-state index contributed by atoms with van der Waals surface area (Å²) in [6.45, 7) is 4.16. The summed E-state index contributed by atoms with van der Waals surface area (Å²) >= 11 is 0. The van der Waals surface area contributed by atoms with Crippen LogP contribution in [0.5, 0.6) is 17.2 Å². The molecule has 0 fully saturated rings. The summed E-state index contributed by atoms with van der Waals surface area (Å²) in [5.41, 5.74) is 3.46. The Morgan fingerprint density at radius 3 is 2.22 bits per heavy atom. The maximum atomic E-state index is 6.00. The zero-order valence-electron chi connectivity index (χ0n) is 18.8. The van der Waals surface area contributed by atoms with Gasteiger partial charge < -0.3 is 18.8 Å². The second kappa shape index (κ2) is 10.7. The molecule has 0 saturated heterocycles. The topological polar surface area (TPSA) is 45.5 Å². The lowest BCUT2D eigenvalue weighted by Gasteiger charge is -2.11. The smallest absolute Gasteiger partial charge is 0.147 e. The number of aromatic nitrogens is 2. The van der Waals surface area contributed by atoms with E-state index in [0.717, 1.165) is 59.9 Å². The third-order valence-electron chi connectivity index (χ3n) is 5.54. The van der Waals surface area contributed by atoms with E-state index in [2.05, 4.69) is 47.9 Å². The summed E-state index contributed by atoms with van der Waals surface area (Å²) in [6, 6.07) is 24.2. The Kier molecular flexibility index (Phi) is 7.28. The molecule has 1 aromatic heterocycles. The molecule has 0 spiro atoms. The van der Waals surface area contributed by atoms with Gasteiger partial charge in [-0.15, -0.1) is 0 Å². The average Bonchev–Trinajstić information content (AvgIpc) is 3.20. The van der Waals surface area contributed by atoms with Crippen LogP contribution in [0.15, 0.2) is 72.8 Å². The van der Waals surface area contributed by atoms with E-state index in [4.69, 9.17) is 19.2 Å². The molecular weight excluding hydrogens is 400 g/mol. The monoisotopic (exact) mass is 430 g/mol. The summed E-state index contributed by atoms with van der Waals surface area (Å²) < 4.78 is 19.4. The van der Waals surface area contributed by atoms with Gasteiger partial charge in [-0.1, -0.05) is 31.2 Å². The Morgan fingerprint density at radius 1 is 0.781 bits per heavy atom. The number of para-hydroxylation sites is 2. The molecule has 0 N–H and O–H groups in total. The van der Waals surface area contributed by atoms with Crippen molar-refractivity contribution in [3.8, 4) is 17.2 Å². The van der Waals surface area contributed by atoms with Crippen molar-refractivity contribution in [1.82, 2.24) is 9.55 Å². The van der Waals surface area contributed by atoms with Crippen LogP contribution < -0.4 is 14.2 Å². The van der Waals surface area contributed by atoms with Crippen LogP contribution >= 0.6 is 0 Å². The number of hydrogen-bond acceptors (Lipinski definition) is 4. The molecule has 5 nitrogen and oxygen atoms in total. The number of benzene rings is 3. The van der Waals surface area contributed by atoms with Gasteiger partial charge in [0.15, 0.2) is 0 Å². The van der Waals surface area contributed by atoms with Gasteiger partial charge in [-0.3, -0.25) is 0 Å². The SMILES string of the molecule is CCc1ccc(OCCCCn2c(COc3ccc(OC)cc3)nc3ccccc32)cc1. The predicted octanol–water partition coefficient (Wildman–Crippen LogP) is 6.05. The van der Waals surface area contributed by atoms with Crippen LogP contribution in [0.25, 0.3) is 11.0 Å². The minimum Gasteiger partial charge on any atom is -0.497 e. The van der Waals surface area contributed by atoms with Gasteiger partial charge in [-0.2, -0.15) is 0 Å². The summed E-state index contributed by atoms with van der Waals surface area (Å²) in [5, 5.41) is 0. The zero-order chi connectivity index (χ0) is 22.2. The lowest BCUT2D eigenvalue weighted by Crippen LogP contribution is -2.09. The quantitative estimate of drug-likeness (QED) is 0.272. The predicted molar refractivity (Wildman–Crippen MR) is 128 cm³/mol. The molecular formula is C27H30N2O3. The van der Waals surface area contributed by atoms with Gasteiger partial charge in [0.2, 0.25) is 0 Å². The van der Waals surface area contributed by atoms with E-state index in [1.54, 1.807) is 7.11 Å². The normalized spacial score (nSPS) is 10.9. The van der Waals surface area contributed by atoms with Crippen molar-refractivity contribution in [3.05, 3.63) is 84.2 Å². The number of unbranched alkanes of at least 4 members (excludes halogenated alkanes) is 1. The Hall–Kier alpha value is -3.47. The second-order valence-electron chi connectivity index (χ2n) is 7.69. The van der Waals surface area contributed by atoms with Gasteiger partial charge in [-0.25, -0.2) is 4.98 Å². The van der Waals surface area contributed by atoms with Gasteiger partial charge >= 0.3 is 0 Å². The Morgan fingerprint density at radius 2 is 1.47 bits per heavy atom. The third-order valence-corrected chi connectivity index (χ3v) is 5.54. The number of imidazole rings is 1. The van der Waals surface area contributed by atoms with E-state index in [-0.39, 0.29) is 0 Å².